The number of nitrogens with zero attached hydrogens (tertiary/aromatic N) is 2. The summed E-state index contributed by atoms with van der Waals surface area (Å²) in [6.45, 7) is 0.805. The highest BCUT2D eigenvalue weighted by Crippen LogP contribution is 2.24. The van der Waals surface area contributed by atoms with Crippen LogP contribution in [0.2, 0.25) is 0 Å². The summed E-state index contributed by atoms with van der Waals surface area (Å²) >= 11 is 0. The first-order chi connectivity index (χ1) is 9.89. The zero-order valence-electron chi connectivity index (χ0n) is 12.5. The van der Waals surface area contributed by atoms with Gasteiger partial charge in [0.25, 0.3) is 0 Å². The van der Waals surface area contributed by atoms with Gasteiger partial charge in [0.15, 0.2) is 0 Å². The average Bonchev–Trinajstić information content (AvgIpc) is 2.47. The summed E-state index contributed by atoms with van der Waals surface area (Å²) in [4.78, 5) is 4.35. The van der Waals surface area contributed by atoms with Crippen molar-refractivity contribution in [3.8, 4) is 0 Å². The molecule has 0 radical (unpaired) electrons. The Morgan fingerprint density at radius 2 is 1.95 bits per heavy atom. The number of aliphatic hydroxyl groups is 1. The molecule has 0 saturated heterocycles. The molecule has 118 valence electrons. The van der Waals surface area contributed by atoms with Crippen LogP contribution in [0.25, 0.3) is 0 Å². The molecule has 1 fully saturated rings. The molecule has 1 heterocycles. The van der Waals surface area contributed by atoms with Crippen LogP contribution in [0.5, 0.6) is 0 Å². The van der Waals surface area contributed by atoms with Gasteiger partial charge in [-0.1, -0.05) is 0 Å². The van der Waals surface area contributed by atoms with Crippen molar-refractivity contribution in [3.63, 3.8) is 0 Å². The standard InChI is InChI=1S/C14H23N3O3S/c1-17(2)21(19,20)13-7-8-14(16-10-13)15-9-11-3-5-12(18)6-4-11/h7-8,10-12,18H,3-6,9H2,1-2H3,(H,15,16). The van der Waals surface area contributed by atoms with Gasteiger partial charge in [-0.05, 0) is 43.7 Å². The second kappa shape index (κ2) is 6.72. The Morgan fingerprint density at radius 1 is 1.29 bits per heavy atom. The molecule has 7 heteroatoms. The molecule has 2 N–H and O–H groups in total. The third kappa shape index (κ3) is 4.15. The number of aromatic nitrogens is 1. The lowest BCUT2D eigenvalue weighted by molar-refractivity contribution is 0.111. The molecule has 1 aromatic heterocycles. The fourth-order valence-electron chi connectivity index (χ4n) is 2.45. The summed E-state index contributed by atoms with van der Waals surface area (Å²) < 4.78 is 25.0. The third-order valence-corrected chi connectivity index (χ3v) is 5.70. The Morgan fingerprint density at radius 3 is 2.48 bits per heavy atom. The summed E-state index contributed by atoms with van der Waals surface area (Å²) in [7, 11) is -0.422. The van der Waals surface area contributed by atoms with Crippen LogP contribution < -0.4 is 5.32 Å². The van der Waals surface area contributed by atoms with E-state index in [0.717, 1.165) is 32.2 Å². The maximum atomic E-state index is 11.9. The van der Waals surface area contributed by atoms with Crippen molar-refractivity contribution >= 4 is 15.8 Å². The van der Waals surface area contributed by atoms with Crippen molar-refractivity contribution < 1.29 is 13.5 Å². The molecular weight excluding hydrogens is 290 g/mol. The van der Waals surface area contributed by atoms with Crippen molar-refractivity contribution in [1.29, 1.82) is 0 Å². The molecule has 6 nitrogen and oxygen atoms in total. The van der Waals surface area contributed by atoms with E-state index in [2.05, 4.69) is 10.3 Å². The van der Waals surface area contributed by atoms with E-state index < -0.39 is 10.0 Å². The average molecular weight is 313 g/mol. The maximum Gasteiger partial charge on any atom is 0.244 e. The summed E-state index contributed by atoms with van der Waals surface area (Å²) in [5.41, 5.74) is 0. The minimum absolute atomic E-state index is 0.144. The van der Waals surface area contributed by atoms with Crippen LogP contribution >= 0.6 is 0 Å². The van der Waals surface area contributed by atoms with Crippen LogP contribution in [0, 0.1) is 5.92 Å². The van der Waals surface area contributed by atoms with Gasteiger partial charge < -0.3 is 10.4 Å². The van der Waals surface area contributed by atoms with E-state index in [9.17, 15) is 13.5 Å². The molecule has 0 amide bonds. The predicted molar refractivity (Wildman–Crippen MR) is 81.6 cm³/mol. The molecule has 0 atom stereocenters. The SMILES string of the molecule is CN(C)S(=O)(=O)c1ccc(NCC2CCC(O)CC2)nc1. The van der Waals surface area contributed by atoms with Gasteiger partial charge in [-0.25, -0.2) is 17.7 Å². The number of nitrogens with one attached hydrogen (secondary N) is 1. The lowest BCUT2D eigenvalue weighted by Crippen LogP contribution is -2.24. The Bertz CT molecular complexity index is 549. The second-order valence-corrected chi connectivity index (χ2v) is 7.87. The van der Waals surface area contributed by atoms with Gasteiger partial charge in [0.2, 0.25) is 10.0 Å². The summed E-state index contributed by atoms with van der Waals surface area (Å²) in [5.74, 6) is 1.22. The molecular formula is C14H23N3O3S. The number of rotatable bonds is 5. The third-order valence-electron chi connectivity index (χ3n) is 3.90. The zero-order chi connectivity index (χ0) is 15.5. The number of hydrogen-bond acceptors (Lipinski definition) is 5. The molecule has 1 aliphatic rings. The highest BCUT2D eigenvalue weighted by molar-refractivity contribution is 7.89. The van der Waals surface area contributed by atoms with Gasteiger partial charge in [-0.3, -0.25) is 0 Å². The molecule has 0 aromatic carbocycles. The van der Waals surface area contributed by atoms with Crippen molar-refractivity contribution in [2.24, 2.45) is 5.92 Å². The Balaban J connectivity index is 1.91. The monoisotopic (exact) mass is 313 g/mol. The van der Waals surface area contributed by atoms with Crippen LogP contribution in [-0.4, -0.2) is 49.6 Å². The molecule has 2 rings (SSSR count). The normalized spacial score (nSPS) is 23.2. The summed E-state index contributed by atoms with van der Waals surface area (Å²) in [6.07, 6.45) is 4.99. The molecule has 0 aliphatic heterocycles. The molecule has 21 heavy (non-hydrogen) atoms. The summed E-state index contributed by atoms with van der Waals surface area (Å²) in [6, 6.07) is 3.25. The van der Waals surface area contributed by atoms with Crippen molar-refractivity contribution in [1.82, 2.24) is 9.29 Å². The van der Waals surface area contributed by atoms with E-state index in [0.29, 0.717) is 11.7 Å². The topological polar surface area (TPSA) is 82.5 Å². The van der Waals surface area contributed by atoms with Crippen molar-refractivity contribution in [2.75, 3.05) is 26.0 Å². The Labute approximate surface area is 126 Å². The first-order valence-electron chi connectivity index (χ1n) is 7.20. The second-order valence-electron chi connectivity index (χ2n) is 5.72. The van der Waals surface area contributed by atoms with Crippen LogP contribution in [0.15, 0.2) is 23.2 Å². The van der Waals surface area contributed by atoms with Crippen LogP contribution in [0.1, 0.15) is 25.7 Å². The largest absolute Gasteiger partial charge is 0.393 e. The lowest BCUT2D eigenvalue weighted by atomic mass is 9.87. The van der Waals surface area contributed by atoms with E-state index in [1.165, 1.54) is 24.6 Å². The molecule has 0 spiro atoms. The molecule has 0 bridgehead atoms. The Hall–Kier alpha value is -1.18. The van der Waals surface area contributed by atoms with E-state index in [1.54, 1.807) is 12.1 Å². The van der Waals surface area contributed by atoms with E-state index in [4.69, 9.17) is 0 Å². The number of anilines is 1. The number of aliphatic hydroxyl groups excluding tert-OH is 1. The minimum Gasteiger partial charge on any atom is -0.393 e. The first kappa shape index (κ1) is 16.2. The van der Waals surface area contributed by atoms with Crippen LogP contribution in [-0.2, 0) is 10.0 Å². The first-order valence-corrected chi connectivity index (χ1v) is 8.64. The van der Waals surface area contributed by atoms with Gasteiger partial charge in [0.05, 0.1) is 6.10 Å². The van der Waals surface area contributed by atoms with Crippen LogP contribution in [0.4, 0.5) is 5.82 Å². The maximum absolute atomic E-state index is 11.9. The lowest BCUT2D eigenvalue weighted by Gasteiger charge is -2.25. The van der Waals surface area contributed by atoms with E-state index in [-0.39, 0.29) is 11.0 Å². The fraction of sp³-hybridized carbons (Fsp3) is 0.643. The quantitative estimate of drug-likeness (QED) is 0.856. The molecule has 0 unspecified atom stereocenters. The number of hydrogen-bond donors (Lipinski definition) is 2. The molecule has 1 saturated carbocycles. The zero-order valence-corrected chi connectivity index (χ0v) is 13.3. The van der Waals surface area contributed by atoms with Gasteiger partial charge >= 0.3 is 0 Å². The van der Waals surface area contributed by atoms with E-state index in [1.807, 2.05) is 0 Å². The number of sulfonamides is 1. The van der Waals surface area contributed by atoms with Gasteiger partial charge in [-0.15, -0.1) is 0 Å². The smallest absolute Gasteiger partial charge is 0.244 e. The van der Waals surface area contributed by atoms with Crippen molar-refractivity contribution in [2.45, 2.75) is 36.7 Å². The fourth-order valence-corrected chi connectivity index (χ4v) is 3.29. The van der Waals surface area contributed by atoms with Gasteiger partial charge in [-0.2, -0.15) is 0 Å². The van der Waals surface area contributed by atoms with Crippen LogP contribution in [0.3, 0.4) is 0 Å². The highest BCUT2D eigenvalue weighted by Gasteiger charge is 2.20. The number of pyridine rings is 1. The highest BCUT2D eigenvalue weighted by atomic mass is 32.2. The summed E-state index contributed by atoms with van der Waals surface area (Å²) in [5, 5.41) is 12.7. The molecule has 1 aromatic rings. The Kier molecular flexibility index (Phi) is 5.18. The van der Waals surface area contributed by atoms with Crippen molar-refractivity contribution in [3.05, 3.63) is 18.3 Å². The molecule has 1 aliphatic carbocycles. The predicted octanol–water partition coefficient (Wildman–Crippen LogP) is 1.29. The minimum atomic E-state index is -3.42. The van der Waals surface area contributed by atoms with E-state index >= 15 is 0 Å². The van der Waals surface area contributed by atoms with Gasteiger partial charge in [0.1, 0.15) is 10.7 Å². The van der Waals surface area contributed by atoms with Gasteiger partial charge in [0, 0.05) is 26.8 Å².